The SMILES string of the molecule is O=Nc1ccccc1-c1nc(NCc2ccco2)c2ccccc2n1. The summed E-state index contributed by atoms with van der Waals surface area (Å²) in [6.45, 7) is 0.501. The number of hydrogen-bond donors (Lipinski definition) is 1. The number of benzene rings is 2. The molecule has 0 bridgehead atoms. The number of fused-ring (bicyclic) bond motifs is 1. The molecule has 0 radical (unpaired) electrons. The summed E-state index contributed by atoms with van der Waals surface area (Å²) in [5, 5.41) is 7.26. The molecule has 6 nitrogen and oxygen atoms in total. The summed E-state index contributed by atoms with van der Waals surface area (Å²) in [5.74, 6) is 1.94. The van der Waals surface area contributed by atoms with Gasteiger partial charge in [0, 0.05) is 10.9 Å². The zero-order valence-electron chi connectivity index (χ0n) is 13.2. The van der Waals surface area contributed by atoms with Crippen LogP contribution in [-0.2, 0) is 6.54 Å². The van der Waals surface area contributed by atoms with E-state index in [2.05, 4.69) is 20.5 Å². The Kier molecular flexibility index (Phi) is 3.92. The number of furan rings is 1. The molecule has 0 unspecified atom stereocenters. The van der Waals surface area contributed by atoms with Crippen molar-refractivity contribution in [3.8, 4) is 11.4 Å². The summed E-state index contributed by atoms with van der Waals surface area (Å²) >= 11 is 0. The second-order valence-electron chi connectivity index (χ2n) is 5.45. The number of nitroso groups, excluding NO2 is 1. The molecular formula is C19H14N4O2. The molecule has 0 aliphatic heterocycles. The normalized spacial score (nSPS) is 10.7. The summed E-state index contributed by atoms with van der Waals surface area (Å²) in [6, 6.07) is 18.5. The highest BCUT2D eigenvalue weighted by Crippen LogP contribution is 2.30. The number of rotatable bonds is 5. The van der Waals surface area contributed by atoms with Gasteiger partial charge >= 0.3 is 0 Å². The molecule has 2 aromatic carbocycles. The van der Waals surface area contributed by atoms with Crippen LogP contribution >= 0.6 is 0 Å². The number of nitrogens with zero attached hydrogens (tertiary/aromatic N) is 3. The van der Waals surface area contributed by atoms with Crippen LogP contribution in [0.4, 0.5) is 11.5 Å². The first-order valence-corrected chi connectivity index (χ1v) is 7.81. The first kappa shape index (κ1) is 15.0. The van der Waals surface area contributed by atoms with Crippen molar-refractivity contribution in [3.05, 3.63) is 77.6 Å². The predicted octanol–water partition coefficient (Wildman–Crippen LogP) is 4.90. The lowest BCUT2D eigenvalue weighted by Gasteiger charge is -2.10. The average molecular weight is 330 g/mol. The molecule has 2 heterocycles. The standard InChI is InChI=1S/C19H14N4O2/c24-23-17-10-4-2-8-15(17)19-21-16-9-3-1-7-14(16)18(22-19)20-12-13-6-5-11-25-13/h1-11H,12H2,(H,20,21,22). The van der Waals surface area contributed by atoms with Crippen molar-refractivity contribution in [1.82, 2.24) is 9.97 Å². The Labute approximate surface area is 143 Å². The molecule has 0 saturated heterocycles. The van der Waals surface area contributed by atoms with Gasteiger partial charge in [-0.25, -0.2) is 9.97 Å². The van der Waals surface area contributed by atoms with Gasteiger partial charge in [0.05, 0.1) is 18.3 Å². The molecule has 0 saturated carbocycles. The summed E-state index contributed by atoms with van der Waals surface area (Å²) in [7, 11) is 0. The van der Waals surface area contributed by atoms with E-state index in [9.17, 15) is 4.91 Å². The highest BCUT2D eigenvalue weighted by molar-refractivity contribution is 5.91. The number of hydrogen-bond acceptors (Lipinski definition) is 6. The van der Waals surface area contributed by atoms with E-state index in [-0.39, 0.29) is 0 Å². The first-order valence-electron chi connectivity index (χ1n) is 7.81. The molecule has 0 amide bonds. The molecule has 0 aliphatic rings. The number of nitrogens with one attached hydrogen (secondary N) is 1. The highest BCUT2D eigenvalue weighted by atomic mass is 16.3. The topological polar surface area (TPSA) is 80.4 Å². The predicted molar refractivity (Wildman–Crippen MR) is 96.5 cm³/mol. The summed E-state index contributed by atoms with van der Waals surface area (Å²) in [5.41, 5.74) is 1.70. The smallest absolute Gasteiger partial charge is 0.164 e. The lowest BCUT2D eigenvalue weighted by Crippen LogP contribution is -2.03. The molecule has 122 valence electrons. The molecule has 0 fully saturated rings. The Balaban J connectivity index is 1.82. The van der Waals surface area contributed by atoms with Crippen molar-refractivity contribution < 1.29 is 4.42 Å². The third-order valence-electron chi connectivity index (χ3n) is 3.86. The van der Waals surface area contributed by atoms with E-state index in [0.29, 0.717) is 29.4 Å². The van der Waals surface area contributed by atoms with Gasteiger partial charge in [0.1, 0.15) is 17.3 Å². The van der Waals surface area contributed by atoms with E-state index in [1.807, 2.05) is 42.5 Å². The van der Waals surface area contributed by atoms with Crippen molar-refractivity contribution in [1.29, 1.82) is 0 Å². The van der Waals surface area contributed by atoms with Crippen LogP contribution in [0.2, 0.25) is 0 Å². The fourth-order valence-corrected chi connectivity index (χ4v) is 2.66. The quantitative estimate of drug-likeness (QED) is 0.526. The maximum Gasteiger partial charge on any atom is 0.164 e. The van der Waals surface area contributed by atoms with Crippen LogP contribution in [0.1, 0.15) is 5.76 Å². The van der Waals surface area contributed by atoms with Gasteiger partial charge in [0.25, 0.3) is 0 Å². The van der Waals surface area contributed by atoms with E-state index >= 15 is 0 Å². The molecule has 4 aromatic rings. The number of para-hydroxylation sites is 1. The second-order valence-corrected chi connectivity index (χ2v) is 5.45. The van der Waals surface area contributed by atoms with E-state index in [0.717, 1.165) is 16.7 Å². The summed E-state index contributed by atoms with van der Waals surface area (Å²) in [4.78, 5) is 20.3. The van der Waals surface area contributed by atoms with Crippen molar-refractivity contribution in [2.75, 3.05) is 5.32 Å². The Morgan fingerprint density at radius 3 is 2.64 bits per heavy atom. The van der Waals surface area contributed by atoms with Gasteiger partial charge in [0.2, 0.25) is 0 Å². The van der Waals surface area contributed by atoms with Crippen LogP contribution in [0.5, 0.6) is 0 Å². The van der Waals surface area contributed by atoms with Crippen molar-refractivity contribution >= 4 is 22.4 Å². The first-order chi connectivity index (χ1) is 12.3. The average Bonchev–Trinajstić information content (AvgIpc) is 3.19. The molecular weight excluding hydrogens is 316 g/mol. The Bertz CT molecular complexity index is 1030. The molecule has 1 N–H and O–H groups in total. The Morgan fingerprint density at radius 2 is 1.80 bits per heavy atom. The number of aromatic nitrogens is 2. The van der Waals surface area contributed by atoms with Crippen molar-refractivity contribution in [2.24, 2.45) is 5.18 Å². The third-order valence-corrected chi connectivity index (χ3v) is 3.86. The van der Waals surface area contributed by atoms with Gasteiger partial charge in [-0.3, -0.25) is 0 Å². The van der Waals surface area contributed by atoms with Gasteiger partial charge in [-0.15, -0.1) is 4.91 Å². The second kappa shape index (κ2) is 6.52. The van der Waals surface area contributed by atoms with Crippen LogP contribution in [0.15, 0.2) is 76.5 Å². The van der Waals surface area contributed by atoms with E-state index < -0.39 is 0 Å². The minimum absolute atomic E-state index is 0.315. The largest absolute Gasteiger partial charge is 0.467 e. The fraction of sp³-hybridized carbons (Fsp3) is 0.0526. The molecule has 0 atom stereocenters. The van der Waals surface area contributed by atoms with Crippen LogP contribution < -0.4 is 5.32 Å². The minimum Gasteiger partial charge on any atom is -0.467 e. The van der Waals surface area contributed by atoms with Gasteiger partial charge in [-0.05, 0) is 41.6 Å². The fourth-order valence-electron chi connectivity index (χ4n) is 2.66. The maximum absolute atomic E-state index is 11.1. The van der Waals surface area contributed by atoms with Gasteiger partial charge in [0.15, 0.2) is 5.82 Å². The lowest BCUT2D eigenvalue weighted by molar-refractivity contribution is 0.518. The van der Waals surface area contributed by atoms with Crippen LogP contribution in [0.25, 0.3) is 22.3 Å². The molecule has 0 spiro atoms. The van der Waals surface area contributed by atoms with Crippen LogP contribution in [0, 0.1) is 4.91 Å². The summed E-state index contributed by atoms with van der Waals surface area (Å²) < 4.78 is 5.36. The Hall–Kier alpha value is -3.54. The Morgan fingerprint density at radius 1 is 0.960 bits per heavy atom. The molecule has 0 aliphatic carbocycles. The monoisotopic (exact) mass is 330 g/mol. The van der Waals surface area contributed by atoms with E-state index in [1.54, 1.807) is 24.5 Å². The molecule has 6 heteroatoms. The zero-order valence-corrected chi connectivity index (χ0v) is 13.2. The zero-order chi connectivity index (χ0) is 17.1. The molecule has 2 aromatic heterocycles. The van der Waals surface area contributed by atoms with Crippen molar-refractivity contribution in [2.45, 2.75) is 6.54 Å². The van der Waals surface area contributed by atoms with Gasteiger partial charge in [-0.1, -0.05) is 24.3 Å². The maximum atomic E-state index is 11.1. The summed E-state index contributed by atoms with van der Waals surface area (Å²) in [6.07, 6.45) is 1.63. The lowest BCUT2D eigenvalue weighted by atomic mass is 10.1. The van der Waals surface area contributed by atoms with E-state index in [4.69, 9.17) is 4.42 Å². The van der Waals surface area contributed by atoms with Crippen LogP contribution in [0.3, 0.4) is 0 Å². The number of anilines is 1. The third kappa shape index (κ3) is 2.97. The molecule has 25 heavy (non-hydrogen) atoms. The minimum atomic E-state index is 0.315. The van der Waals surface area contributed by atoms with Gasteiger partial charge in [-0.2, -0.15) is 0 Å². The van der Waals surface area contributed by atoms with Crippen LogP contribution in [-0.4, -0.2) is 9.97 Å². The highest BCUT2D eigenvalue weighted by Gasteiger charge is 2.12. The van der Waals surface area contributed by atoms with E-state index in [1.165, 1.54) is 0 Å². The van der Waals surface area contributed by atoms with Gasteiger partial charge < -0.3 is 9.73 Å². The molecule has 4 rings (SSSR count). The van der Waals surface area contributed by atoms with Crippen molar-refractivity contribution in [3.63, 3.8) is 0 Å².